The summed E-state index contributed by atoms with van der Waals surface area (Å²) in [6, 6.07) is 8.38. The number of methoxy groups -OCH3 is 1. The van der Waals surface area contributed by atoms with E-state index in [0.29, 0.717) is 5.56 Å². The molecule has 1 rings (SSSR count). The zero-order chi connectivity index (χ0) is 16.1. The fourth-order valence-electron chi connectivity index (χ4n) is 1.81. The maximum atomic E-state index is 12.1. The molecule has 0 spiro atoms. The number of hydrogen-bond acceptors (Lipinski definition) is 5. The molecule has 0 fully saturated rings. The molecule has 0 saturated carbocycles. The SMILES string of the molecule is COC(=O)C(CO)(NC(=O)OC(C)(C)C)c1ccccc1. The first-order valence-electron chi connectivity index (χ1n) is 6.51. The highest BCUT2D eigenvalue weighted by Gasteiger charge is 2.43. The highest BCUT2D eigenvalue weighted by atomic mass is 16.6. The second-order valence-electron chi connectivity index (χ2n) is 5.55. The molecule has 0 heterocycles. The molecule has 6 heteroatoms. The number of amides is 1. The topological polar surface area (TPSA) is 84.9 Å². The van der Waals surface area contributed by atoms with Gasteiger partial charge in [0.1, 0.15) is 5.60 Å². The number of aliphatic hydroxyl groups is 1. The van der Waals surface area contributed by atoms with Gasteiger partial charge in [-0.05, 0) is 26.3 Å². The lowest BCUT2D eigenvalue weighted by molar-refractivity contribution is -0.151. The average Bonchev–Trinajstić information content (AvgIpc) is 2.43. The van der Waals surface area contributed by atoms with Gasteiger partial charge in [0, 0.05) is 0 Å². The van der Waals surface area contributed by atoms with Gasteiger partial charge in [-0.15, -0.1) is 0 Å². The first kappa shape index (κ1) is 17.0. The third-order valence-electron chi connectivity index (χ3n) is 2.75. The van der Waals surface area contributed by atoms with Crippen molar-refractivity contribution in [2.24, 2.45) is 0 Å². The zero-order valence-electron chi connectivity index (χ0n) is 12.7. The Labute approximate surface area is 124 Å². The van der Waals surface area contributed by atoms with Crippen LogP contribution >= 0.6 is 0 Å². The van der Waals surface area contributed by atoms with Crippen LogP contribution in [0.1, 0.15) is 26.3 Å². The predicted molar refractivity (Wildman–Crippen MR) is 76.6 cm³/mol. The number of rotatable bonds is 4. The molecule has 1 amide bonds. The third kappa shape index (κ3) is 4.19. The number of ether oxygens (including phenoxy) is 2. The number of benzene rings is 1. The third-order valence-corrected chi connectivity index (χ3v) is 2.75. The number of aliphatic hydroxyl groups excluding tert-OH is 1. The molecule has 1 aromatic carbocycles. The van der Waals surface area contributed by atoms with Crippen LogP contribution in [0.4, 0.5) is 4.79 Å². The lowest BCUT2D eigenvalue weighted by atomic mass is 9.91. The van der Waals surface area contributed by atoms with E-state index in [9.17, 15) is 14.7 Å². The summed E-state index contributed by atoms with van der Waals surface area (Å²) in [4.78, 5) is 24.1. The van der Waals surface area contributed by atoms with Gasteiger partial charge in [0.15, 0.2) is 5.54 Å². The Morgan fingerprint density at radius 1 is 1.19 bits per heavy atom. The van der Waals surface area contributed by atoms with E-state index in [1.807, 2.05) is 0 Å². The molecule has 1 unspecified atom stereocenters. The van der Waals surface area contributed by atoms with Crippen LogP contribution in [0.3, 0.4) is 0 Å². The number of nitrogens with one attached hydrogen (secondary N) is 1. The molecular weight excluding hydrogens is 274 g/mol. The summed E-state index contributed by atoms with van der Waals surface area (Å²) in [5.41, 5.74) is -2.01. The van der Waals surface area contributed by atoms with E-state index >= 15 is 0 Å². The van der Waals surface area contributed by atoms with Gasteiger partial charge >= 0.3 is 12.1 Å². The van der Waals surface area contributed by atoms with Crippen molar-refractivity contribution < 1.29 is 24.2 Å². The number of carbonyl (C=O) groups is 2. The predicted octanol–water partition coefficient (Wildman–Crippen LogP) is 1.57. The summed E-state index contributed by atoms with van der Waals surface area (Å²) >= 11 is 0. The molecule has 0 aromatic heterocycles. The number of esters is 1. The average molecular weight is 295 g/mol. The second-order valence-corrected chi connectivity index (χ2v) is 5.55. The Kier molecular flexibility index (Phi) is 5.32. The van der Waals surface area contributed by atoms with Crippen LogP contribution in [0.5, 0.6) is 0 Å². The van der Waals surface area contributed by atoms with Crippen LogP contribution in [0.15, 0.2) is 30.3 Å². The van der Waals surface area contributed by atoms with Crippen LogP contribution in [0.2, 0.25) is 0 Å². The summed E-state index contributed by atoms with van der Waals surface area (Å²) in [5, 5.41) is 12.1. The highest BCUT2D eigenvalue weighted by Crippen LogP contribution is 2.23. The van der Waals surface area contributed by atoms with E-state index in [0.717, 1.165) is 0 Å². The molecule has 0 aliphatic rings. The summed E-state index contributed by atoms with van der Waals surface area (Å²) in [5.74, 6) is -0.776. The van der Waals surface area contributed by atoms with Gasteiger partial charge in [-0.1, -0.05) is 30.3 Å². The van der Waals surface area contributed by atoms with E-state index in [2.05, 4.69) is 5.32 Å². The second kappa shape index (κ2) is 6.58. The standard InChI is InChI=1S/C15H21NO5/c1-14(2,3)21-13(19)16-15(10-17,12(18)20-4)11-8-6-5-7-9-11/h5-9,17H,10H2,1-4H3,(H,16,19). The quantitative estimate of drug-likeness (QED) is 0.824. The zero-order valence-corrected chi connectivity index (χ0v) is 12.7. The Bertz CT molecular complexity index is 495. The van der Waals surface area contributed by atoms with Crippen LogP contribution in [0, 0.1) is 0 Å². The molecule has 1 atom stereocenters. The number of alkyl carbamates (subject to hydrolysis) is 1. The Hall–Kier alpha value is -2.08. The molecule has 0 saturated heterocycles. The smallest absolute Gasteiger partial charge is 0.408 e. The van der Waals surface area contributed by atoms with Crippen molar-refractivity contribution in [3.63, 3.8) is 0 Å². The summed E-state index contributed by atoms with van der Waals surface area (Å²) < 4.78 is 9.87. The van der Waals surface area contributed by atoms with Crippen molar-refractivity contribution in [3.8, 4) is 0 Å². The molecule has 0 aliphatic carbocycles. The normalized spacial score (nSPS) is 14.0. The molecule has 116 valence electrons. The van der Waals surface area contributed by atoms with E-state index in [-0.39, 0.29) is 0 Å². The molecule has 0 bridgehead atoms. The monoisotopic (exact) mass is 295 g/mol. The molecule has 6 nitrogen and oxygen atoms in total. The Morgan fingerprint density at radius 2 is 1.76 bits per heavy atom. The van der Waals surface area contributed by atoms with Crippen molar-refractivity contribution in [2.45, 2.75) is 31.9 Å². The summed E-state index contributed by atoms with van der Waals surface area (Å²) in [6.45, 7) is 4.46. The molecule has 21 heavy (non-hydrogen) atoms. The van der Waals surface area contributed by atoms with Crippen molar-refractivity contribution in [1.29, 1.82) is 0 Å². The van der Waals surface area contributed by atoms with Crippen LogP contribution in [-0.2, 0) is 19.8 Å². The molecular formula is C15H21NO5. The minimum absolute atomic E-state index is 0.408. The maximum Gasteiger partial charge on any atom is 0.408 e. The van der Waals surface area contributed by atoms with Gasteiger partial charge < -0.3 is 14.6 Å². The van der Waals surface area contributed by atoms with Gasteiger partial charge in [-0.2, -0.15) is 0 Å². The van der Waals surface area contributed by atoms with E-state index in [4.69, 9.17) is 9.47 Å². The summed E-state index contributed by atoms with van der Waals surface area (Å²) in [6.07, 6.45) is -0.814. The molecule has 0 radical (unpaired) electrons. The number of hydrogen-bond donors (Lipinski definition) is 2. The van der Waals surface area contributed by atoms with E-state index in [1.54, 1.807) is 51.1 Å². The first-order valence-corrected chi connectivity index (χ1v) is 6.51. The van der Waals surface area contributed by atoms with Crippen molar-refractivity contribution in [3.05, 3.63) is 35.9 Å². The fraction of sp³-hybridized carbons (Fsp3) is 0.467. The van der Waals surface area contributed by atoms with Gasteiger partial charge in [0.25, 0.3) is 0 Å². The van der Waals surface area contributed by atoms with Gasteiger partial charge in [-0.3, -0.25) is 5.32 Å². The minimum Gasteiger partial charge on any atom is -0.467 e. The van der Waals surface area contributed by atoms with Gasteiger partial charge in [0.05, 0.1) is 13.7 Å². The maximum absolute atomic E-state index is 12.1. The Morgan fingerprint density at radius 3 is 2.19 bits per heavy atom. The molecule has 2 N–H and O–H groups in total. The van der Waals surface area contributed by atoms with Crippen LogP contribution < -0.4 is 5.32 Å². The lowest BCUT2D eigenvalue weighted by Crippen LogP contribution is -2.56. The van der Waals surface area contributed by atoms with Crippen molar-refractivity contribution in [1.82, 2.24) is 5.32 Å². The summed E-state index contributed by atoms with van der Waals surface area (Å²) in [7, 11) is 1.19. The van der Waals surface area contributed by atoms with Crippen molar-refractivity contribution in [2.75, 3.05) is 13.7 Å². The van der Waals surface area contributed by atoms with Crippen LogP contribution in [-0.4, -0.2) is 36.5 Å². The van der Waals surface area contributed by atoms with Crippen LogP contribution in [0.25, 0.3) is 0 Å². The molecule has 1 aromatic rings. The van der Waals surface area contributed by atoms with Gasteiger partial charge in [0.2, 0.25) is 0 Å². The largest absolute Gasteiger partial charge is 0.467 e. The number of carbonyl (C=O) groups excluding carboxylic acids is 2. The van der Waals surface area contributed by atoms with Gasteiger partial charge in [-0.25, -0.2) is 9.59 Å². The lowest BCUT2D eigenvalue weighted by Gasteiger charge is -2.31. The van der Waals surface area contributed by atoms with E-state index < -0.39 is 29.8 Å². The highest BCUT2D eigenvalue weighted by molar-refractivity contribution is 5.87. The Balaban J connectivity index is 3.14. The fourth-order valence-corrected chi connectivity index (χ4v) is 1.81. The molecule has 0 aliphatic heterocycles. The first-order chi connectivity index (χ1) is 9.75. The minimum atomic E-state index is -1.70. The van der Waals surface area contributed by atoms with E-state index in [1.165, 1.54) is 7.11 Å². The van der Waals surface area contributed by atoms with Crippen molar-refractivity contribution >= 4 is 12.1 Å².